The number of hydrogen-bond donors (Lipinski definition) is 2. The molecule has 0 aliphatic heterocycles. The number of carbonyl (C=O) groups is 1. The Morgan fingerprint density at radius 3 is 2.90 bits per heavy atom. The average molecular weight is 382 g/mol. The van der Waals surface area contributed by atoms with Crippen LogP contribution >= 0.6 is 0 Å². The van der Waals surface area contributed by atoms with Gasteiger partial charge in [-0.3, -0.25) is 9.89 Å². The summed E-state index contributed by atoms with van der Waals surface area (Å²) in [7, 11) is 0. The Bertz CT molecular complexity index is 1240. The van der Waals surface area contributed by atoms with Gasteiger partial charge >= 0.3 is 0 Å². The molecule has 6 heteroatoms. The first-order chi connectivity index (χ1) is 14.3. The van der Waals surface area contributed by atoms with E-state index in [-0.39, 0.29) is 5.91 Å². The molecule has 0 fully saturated rings. The Morgan fingerprint density at radius 1 is 1.14 bits per heavy atom. The number of rotatable bonds is 5. The van der Waals surface area contributed by atoms with Crippen molar-refractivity contribution in [1.29, 1.82) is 0 Å². The number of nitrogens with one attached hydrogen (secondary N) is 2. The Labute approximate surface area is 166 Å². The van der Waals surface area contributed by atoms with Crippen LogP contribution in [0.4, 0.5) is 0 Å². The number of H-pyrrole nitrogens is 1. The van der Waals surface area contributed by atoms with E-state index in [1.54, 1.807) is 30.5 Å². The first-order valence-electron chi connectivity index (χ1n) is 9.42. The number of carbonyl (C=O) groups excluding carboxylic acids is 1. The predicted molar refractivity (Wildman–Crippen MR) is 113 cm³/mol. The third-order valence-electron chi connectivity index (χ3n) is 5.11. The molecule has 0 unspecified atom stereocenters. The molecular weight excluding hydrogens is 364 g/mol. The molecule has 0 radical (unpaired) electrons. The maximum Gasteiger partial charge on any atom is 0.289 e. The van der Waals surface area contributed by atoms with E-state index in [1.165, 1.54) is 28.1 Å². The zero-order valence-electron chi connectivity index (χ0n) is 15.6. The summed E-state index contributed by atoms with van der Waals surface area (Å²) in [6.07, 6.45) is 8.68. The van der Waals surface area contributed by atoms with Crippen molar-refractivity contribution in [2.75, 3.05) is 0 Å². The molecule has 0 saturated carbocycles. The molecule has 0 atom stereocenters. The highest BCUT2D eigenvalue weighted by atomic mass is 16.3. The van der Waals surface area contributed by atoms with Crippen LogP contribution in [0.3, 0.4) is 0 Å². The van der Waals surface area contributed by atoms with Crippen LogP contribution in [0.2, 0.25) is 0 Å². The van der Waals surface area contributed by atoms with Gasteiger partial charge in [0, 0.05) is 11.8 Å². The lowest BCUT2D eigenvalue weighted by Crippen LogP contribution is -2.17. The van der Waals surface area contributed by atoms with E-state index in [2.05, 4.69) is 51.1 Å². The molecule has 29 heavy (non-hydrogen) atoms. The van der Waals surface area contributed by atoms with E-state index >= 15 is 0 Å². The van der Waals surface area contributed by atoms with Crippen molar-refractivity contribution in [1.82, 2.24) is 15.6 Å². The van der Waals surface area contributed by atoms with Gasteiger partial charge in [-0.1, -0.05) is 30.3 Å². The zero-order valence-corrected chi connectivity index (χ0v) is 15.6. The van der Waals surface area contributed by atoms with E-state index < -0.39 is 0 Å². The smallest absolute Gasteiger partial charge is 0.289 e. The van der Waals surface area contributed by atoms with E-state index in [9.17, 15) is 4.79 Å². The number of allylic oxidation sites excluding steroid dienone is 1. The van der Waals surface area contributed by atoms with Crippen LogP contribution in [-0.4, -0.2) is 22.3 Å². The maximum atomic E-state index is 12.3. The third kappa shape index (κ3) is 3.25. The van der Waals surface area contributed by atoms with Crippen LogP contribution in [0.1, 0.15) is 27.4 Å². The summed E-state index contributed by atoms with van der Waals surface area (Å²) < 4.78 is 5.18. The fourth-order valence-electron chi connectivity index (χ4n) is 3.77. The molecule has 6 nitrogen and oxygen atoms in total. The first-order valence-corrected chi connectivity index (χ1v) is 9.42. The van der Waals surface area contributed by atoms with Crippen molar-refractivity contribution in [3.63, 3.8) is 0 Å². The zero-order chi connectivity index (χ0) is 19.6. The highest BCUT2D eigenvalue weighted by molar-refractivity contribution is 6.02. The lowest BCUT2D eigenvalue weighted by Gasteiger charge is -2.06. The van der Waals surface area contributed by atoms with Gasteiger partial charge < -0.3 is 4.42 Å². The maximum absolute atomic E-state index is 12.3. The van der Waals surface area contributed by atoms with Crippen molar-refractivity contribution in [3.05, 3.63) is 83.5 Å². The highest BCUT2D eigenvalue weighted by Crippen LogP contribution is 2.36. The van der Waals surface area contributed by atoms with Gasteiger partial charge in [0.05, 0.1) is 12.0 Å². The molecule has 2 aromatic heterocycles. The lowest BCUT2D eigenvalue weighted by atomic mass is 9.98. The fraction of sp³-hybridized carbons (Fsp3) is 0.0870. The number of hydrogen-bond acceptors (Lipinski definition) is 4. The van der Waals surface area contributed by atoms with Crippen LogP contribution in [0, 0.1) is 0 Å². The van der Waals surface area contributed by atoms with Crippen LogP contribution in [0.5, 0.6) is 0 Å². The second-order valence-corrected chi connectivity index (χ2v) is 6.87. The van der Waals surface area contributed by atoms with E-state index in [0.717, 1.165) is 24.1 Å². The molecule has 0 bridgehead atoms. The first kappa shape index (κ1) is 17.2. The standard InChI is InChI=1S/C23H18N4O2/c28-23(27-24-12-2-5-17-6-3-13-29-17)21-14-20(25-26-21)18-11-10-16-9-8-15-4-1-7-19(18)22(15)16/h1-7,10-14H,8-9H2,(H,25,26)(H,27,28)/b5-2+,24-12-. The summed E-state index contributed by atoms with van der Waals surface area (Å²) in [4.78, 5) is 12.3. The SMILES string of the molecule is O=C(N/N=C\C=C\c1ccco1)c1cc(-c2ccc3c4c(cccc24)CC3)n[nH]1. The van der Waals surface area contributed by atoms with Gasteiger partial charge in [-0.2, -0.15) is 10.2 Å². The number of aromatic amines is 1. The van der Waals surface area contributed by atoms with Crippen LogP contribution in [0.15, 0.2) is 70.4 Å². The Hall–Kier alpha value is -3.93. The van der Waals surface area contributed by atoms with E-state index in [0.29, 0.717) is 11.5 Å². The number of hydrazone groups is 1. The molecule has 1 aliphatic rings. The fourth-order valence-corrected chi connectivity index (χ4v) is 3.77. The predicted octanol–water partition coefficient (Wildman–Crippen LogP) is 4.35. The lowest BCUT2D eigenvalue weighted by molar-refractivity contribution is 0.0950. The molecule has 2 heterocycles. The molecule has 0 spiro atoms. The molecule has 2 aromatic carbocycles. The quantitative estimate of drug-likeness (QED) is 0.398. The largest absolute Gasteiger partial charge is 0.465 e. The second kappa shape index (κ2) is 7.24. The summed E-state index contributed by atoms with van der Waals surface area (Å²) in [6, 6.07) is 16.0. The van der Waals surface area contributed by atoms with Crippen molar-refractivity contribution in [2.24, 2.45) is 5.10 Å². The minimum atomic E-state index is -0.350. The Morgan fingerprint density at radius 2 is 2.03 bits per heavy atom. The van der Waals surface area contributed by atoms with Gasteiger partial charge in [-0.15, -0.1) is 0 Å². The minimum absolute atomic E-state index is 0.350. The van der Waals surface area contributed by atoms with Gasteiger partial charge in [0.1, 0.15) is 11.5 Å². The van der Waals surface area contributed by atoms with Crippen molar-refractivity contribution >= 4 is 29.0 Å². The molecule has 1 aliphatic carbocycles. The van der Waals surface area contributed by atoms with Crippen molar-refractivity contribution < 1.29 is 9.21 Å². The third-order valence-corrected chi connectivity index (χ3v) is 5.11. The normalized spacial score (nSPS) is 13.1. The number of amides is 1. The molecule has 142 valence electrons. The molecule has 0 saturated heterocycles. The number of furan rings is 1. The monoisotopic (exact) mass is 382 g/mol. The van der Waals surface area contributed by atoms with Gasteiger partial charge in [-0.05, 0) is 65.1 Å². The Balaban J connectivity index is 1.34. The highest BCUT2D eigenvalue weighted by Gasteiger charge is 2.18. The molecule has 2 N–H and O–H groups in total. The summed E-state index contributed by atoms with van der Waals surface area (Å²) in [6.45, 7) is 0. The number of aryl methyl sites for hydroxylation is 2. The van der Waals surface area contributed by atoms with Crippen LogP contribution in [0.25, 0.3) is 28.1 Å². The summed E-state index contributed by atoms with van der Waals surface area (Å²) >= 11 is 0. The summed E-state index contributed by atoms with van der Waals surface area (Å²) in [5.74, 6) is 0.365. The molecular formula is C23H18N4O2. The van der Waals surface area contributed by atoms with Crippen LogP contribution in [-0.2, 0) is 12.8 Å². The second-order valence-electron chi connectivity index (χ2n) is 6.87. The topological polar surface area (TPSA) is 83.3 Å². The summed E-state index contributed by atoms with van der Waals surface area (Å²) in [5.41, 5.74) is 7.37. The number of aromatic nitrogens is 2. The Kier molecular flexibility index (Phi) is 4.29. The average Bonchev–Trinajstić information content (AvgIpc) is 3.50. The van der Waals surface area contributed by atoms with Gasteiger partial charge in [0.2, 0.25) is 0 Å². The van der Waals surface area contributed by atoms with Gasteiger partial charge in [-0.25, -0.2) is 5.43 Å². The van der Waals surface area contributed by atoms with E-state index in [1.807, 2.05) is 6.07 Å². The number of benzene rings is 2. The van der Waals surface area contributed by atoms with Crippen molar-refractivity contribution in [3.8, 4) is 11.3 Å². The van der Waals surface area contributed by atoms with Crippen LogP contribution < -0.4 is 5.43 Å². The van der Waals surface area contributed by atoms with E-state index in [4.69, 9.17) is 4.42 Å². The molecule has 1 amide bonds. The molecule has 5 rings (SSSR count). The molecule has 4 aromatic rings. The summed E-state index contributed by atoms with van der Waals surface area (Å²) in [5, 5.41) is 13.6. The number of nitrogens with zero attached hydrogens (tertiary/aromatic N) is 2. The van der Waals surface area contributed by atoms with Crippen molar-refractivity contribution in [2.45, 2.75) is 12.8 Å². The minimum Gasteiger partial charge on any atom is -0.465 e. The van der Waals surface area contributed by atoms with Gasteiger partial charge in [0.15, 0.2) is 0 Å². The van der Waals surface area contributed by atoms with Gasteiger partial charge in [0.25, 0.3) is 5.91 Å².